The fraction of sp³-hybridized carbons (Fsp3) is 0.417. The van der Waals surface area contributed by atoms with Gasteiger partial charge in [-0.25, -0.2) is 0 Å². The van der Waals surface area contributed by atoms with Crippen LogP contribution in [-0.4, -0.2) is 12.2 Å². The fourth-order valence-electron chi connectivity index (χ4n) is 2.56. The van der Waals surface area contributed by atoms with Crippen LogP contribution in [-0.2, 0) is 0 Å². The van der Waals surface area contributed by atoms with Crippen molar-refractivity contribution in [2.45, 2.75) is 25.6 Å². The van der Waals surface area contributed by atoms with E-state index in [1.165, 1.54) is 11.3 Å². The zero-order valence-electron chi connectivity index (χ0n) is 8.25. The molecule has 0 spiro atoms. The maximum atomic E-state index is 3.57. The van der Waals surface area contributed by atoms with Crippen molar-refractivity contribution in [1.82, 2.24) is 10.6 Å². The van der Waals surface area contributed by atoms with Crippen molar-refractivity contribution in [3.8, 4) is 0 Å². The van der Waals surface area contributed by atoms with E-state index in [0.717, 1.165) is 6.42 Å². The summed E-state index contributed by atoms with van der Waals surface area (Å²) in [6.07, 6.45) is 10.2. The van der Waals surface area contributed by atoms with Gasteiger partial charge < -0.3 is 5.32 Å². The molecule has 3 rings (SSSR count). The molecular weight excluding hydrogens is 172 g/mol. The van der Waals surface area contributed by atoms with Crippen LogP contribution in [0, 0.1) is 5.92 Å². The largest absolute Gasteiger partial charge is 0.367 e. The molecule has 14 heavy (non-hydrogen) atoms. The van der Waals surface area contributed by atoms with Gasteiger partial charge in [0.1, 0.15) is 0 Å². The van der Waals surface area contributed by atoms with Gasteiger partial charge >= 0.3 is 0 Å². The molecule has 0 radical (unpaired) electrons. The summed E-state index contributed by atoms with van der Waals surface area (Å²) < 4.78 is 0. The van der Waals surface area contributed by atoms with Gasteiger partial charge in [0.2, 0.25) is 0 Å². The van der Waals surface area contributed by atoms with Crippen LogP contribution in [0.4, 0.5) is 0 Å². The molecule has 0 aromatic rings. The summed E-state index contributed by atoms with van der Waals surface area (Å²) in [4.78, 5) is 0. The van der Waals surface area contributed by atoms with Crippen LogP contribution in [0.15, 0.2) is 41.3 Å². The lowest BCUT2D eigenvalue weighted by Crippen LogP contribution is -2.56. The number of hydrogen-bond acceptors (Lipinski definition) is 2. The summed E-state index contributed by atoms with van der Waals surface area (Å²) in [6, 6.07) is 0.554. The maximum Gasteiger partial charge on any atom is 0.0744 e. The summed E-state index contributed by atoms with van der Waals surface area (Å²) in [5, 5.41) is 7.00. The van der Waals surface area contributed by atoms with E-state index in [9.17, 15) is 0 Å². The molecule has 72 valence electrons. The summed E-state index contributed by atoms with van der Waals surface area (Å²) in [5.74, 6) is 0.501. The summed E-state index contributed by atoms with van der Waals surface area (Å²) in [6.45, 7) is 2.15. The van der Waals surface area contributed by atoms with Crippen LogP contribution in [0.2, 0.25) is 0 Å². The standard InChI is InChI=1S/C12H14N2/c1-8-13-10-6-2-4-9-5-3-7-11(14-8)12(9)10/h2-5,8,10,12-14H,6H2,1H3. The number of hydrogen-bond donors (Lipinski definition) is 2. The average molecular weight is 186 g/mol. The molecule has 2 nitrogen and oxygen atoms in total. The molecule has 1 heterocycles. The molecule has 1 saturated heterocycles. The number of allylic oxidation sites excluding steroid dienone is 2. The van der Waals surface area contributed by atoms with Crippen molar-refractivity contribution in [3.05, 3.63) is 41.3 Å². The minimum atomic E-state index is 0.359. The Bertz CT molecular complexity index is 383. The molecule has 0 aromatic heterocycles. The van der Waals surface area contributed by atoms with Gasteiger partial charge in [0.25, 0.3) is 0 Å². The molecule has 2 N–H and O–H groups in total. The molecule has 3 aliphatic rings. The first kappa shape index (κ1) is 8.10. The zero-order chi connectivity index (χ0) is 9.54. The average Bonchev–Trinajstić information content (AvgIpc) is 2.18. The first-order valence-electron chi connectivity index (χ1n) is 5.20. The Hall–Kier alpha value is -1.24. The molecule has 0 saturated carbocycles. The topological polar surface area (TPSA) is 24.1 Å². The Morgan fingerprint density at radius 3 is 3.36 bits per heavy atom. The molecule has 3 unspecified atom stereocenters. The lowest BCUT2D eigenvalue weighted by atomic mass is 9.79. The molecule has 1 aliphatic heterocycles. The lowest BCUT2D eigenvalue weighted by molar-refractivity contribution is 0.297. The second-order valence-electron chi connectivity index (χ2n) is 4.15. The van der Waals surface area contributed by atoms with Crippen LogP contribution in [0.5, 0.6) is 0 Å². The number of nitrogens with one attached hydrogen (secondary N) is 2. The molecule has 2 heteroatoms. The van der Waals surface area contributed by atoms with Gasteiger partial charge in [-0.05, 0) is 25.0 Å². The van der Waals surface area contributed by atoms with Gasteiger partial charge in [0, 0.05) is 12.0 Å². The van der Waals surface area contributed by atoms with Gasteiger partial charge in [-0.15, -0.1) is 0 Å². The van der Waals surface area contributed by atoms with Crippen LogP contribution in [0.25, 0.3) is 0 Å². The van der Waals surface area contributed by atoms with E-state index in [1.807, 2.05) is 6.08 Å². The van der Waals surface area contributed by atoms with E-state index in [2.05, 4.69) is 41.5 Å². The Labute approximate surface area is 84.1 Å². The minimum Gasteiger partial charge on any atom is -0.367 e. The van der Waals surface area contributed by atoms with Gasteiger partial charge in [0.15, 0.2) is 0 Å². The molecule has 0 amide bonds. The molecule has 1 fully saturated rings. The third-order valence-corrected chi connectivity index (χ3v) is 3.12. The minimum absolute atomic E-state index is 0.359. The van der Waals surface area contributed by atoms with Gasteiger partial charge in [-0.2, -0.15) is 0 Å². The third kappa shape index (κ3) is 1.08. The highest BCUT2D eigenvalue weighted by Crippen LogP contribution is 2.33. The highest BCUT2D eigenvalue weighted by molar-refractivity contribution is 5.41. The fourth-order valence-corrected chi connectivity index (χ4v) is 2.56. The van der Waals surface area contributed by atoms with E-state index in [-0.39, 0.29) is 0 Å². The predicted molar refractivity (Wildman–Crippen MR) is 56.4 cm³/mol. The second-order valence-corrected chi connectivity index (χ2v) is 4.15. The van der Waals surface area contributed by atoms with Crippen LogP contribution in [0.3, 0.4) is 0 Å². The molecular formula is C12H14N2. The van der Waals surface area contributed by atoms with Crippen molar-refractivity contribution >= 4 is 0 Å². The molecule has 2 aliphatic carbocycles. The summed E-state index contributed by atoms with van der Waals surface area (Å²) in [5.41, 5.74) is 5.97. The van der Waals surface area contributed by atoms with E-state index in [0.29, 0.717) is 18.1 Å². The lowest BCUT2D eigenvalue weighted by Gasteiger charge is -2.41. The normalized spacial score (nSPS) is 38.2. The Morgan fingerprint density at radius 1 is 1.50 bits per heavy atom. The second kappa shape index (κ2) is 2.88. The van der Waals surface area contributed by atoms with Crippen molar-refractivity contribution in [2.75, 3.05) is 0 Å². The monoisotopic (exact) mass is 186 g/mol. The van der Waals surface area contributed by atoms with E-state index in [4.69, 9.17) is 0 Å². The van der Waals surface area contributed by atoms with Gasteiger partial charge in [-0.1, -0.05) is 24.0 Å². The van der Waals surface area contributed by atoms with Crippen molar-refractivity contribution in [2.24, 2.45) is 5.92 Å². The van der Waals surface area contributed by atoms with Crippen molar-refractivity contribution in [3.63, 3.8) is 0 Å². The third-order valence-electron chi connectivity index (χ3n) is 3.12. The molecule has 0 bridgehead atoms. The van der Waals surface area contributed by atoms with Crippen LogP contribution < -0.4 is 10.6 Å². The smallest absolute Gasteiger partial charge is 0.0744 e. The van der Waals surface area contributed by atoms with Crippen molar-refractivity contribution in [1.29, 1.82) is 0 Å². The van der Waals surface area contributed by atoms with Crippen LogP contribution in [0.1, 0.15) is 13.3 Å². The Morgan fingerprint density at radius 2 is 2.43 bits per heavy atom. The number of rotatable bonds is 0. The highest BCUT2D eigenvalue weighted by atomic mass is 15.2. The summed E-state index contributed by atoms with van der Waals surface area (Å²) >= 11 is 0. The first-order chi connectivity index (χ1) is 6.84. The van der Waals surface area contributed by atoms with Gasteiger partial charge in [-0.3, -0.25) is 5.32 Å². The zero-order valence-corrected chi connectivity index (χ0v) is 8.25. The first-order valence-corrected chi connectivity index (χ1v) is 5.20. The SMILES string of the molecule is CC1NC2=C=CC=C3C=CCC(N1)C23. The van der Waals surface area contributed by atoms with Gasteiger partial charge in [0.05, 0.1) is 11.9 Å². The Balaban J connectivity index is 2.07. The highest BCUT2D eigenvalue weighted by Gasteiger charge is 2.35. The van der Waals surface area contributed by atoms with E-state index >= 15 is 0 Å². The Kier molecular flexibility index (Phi) is 1.66. The predicted octanol–water partition coefficient (Wildman–Crippen LogP) is 1.45. The van der Waals surface area contributed by atoms with Crippen LogP contribution >= 0.6 is 0 Å². The van der Waals surface area contributed by atoms with E-state index < -0.39 is 0 Å². The molecule has 0 aromatic carbocycles. The van der Waals surface area contributed by atoms with Crippen molar-refractivity contribution < 1.29 is 0 Å². The maximum absolute atomic E-state index is 3.57. The van der Waals surface area contributed by atoms with E-state index in [1.54, 1.807) is 0 Å². The quantitative estimate of drug-likeness (QED) is 0.559. The summed E-state index contributed by atoms with van der Waals surface area (Å²) in [7, 11) is 0. The molecule has 3 atom stereocenters.